The van der Waals surface area contributed by atoms with E-state index >= 15 is 0 Å². The maximum absolute atomic E-state index is 12.6. The first-order valence-corrected chi connectivity index (χ1v) is 7.20. The molecule has 0 radical (unpaired) electrons. The van der Waals surface area contributed by atoms with Crippen LogP contribution in [-0.2, 0) is 4.79 Å². The Kier molecular flexibility index (Phi) is 4.90. The number of hydrogen-bond acceptors (Lipinski definition) is 4. The lowest BCUT2D eigenvalue weighted by Gasteiger charge is -2.36. The summed E-state index contributed by atoms with van der Waals surface area (Å²) in [6.07, 6.45) is 2.76. The number of hydrogen-bond donors (Lipinski definition) is 1. The van der Waals surface area contributed by atoms with Gasteiger partial charge >= 0.3 is 0 Å². The van der Waals surface area contributed by atoms with Gasteiger partial charge in [0.2, 0.25) is 5.91 Å². The normalized spacial score (nSPS) is 20.1. The smallest absolute Gasteiger partial charge is 0.269 e. The van der Waals surface area contributed by atoms with E-state index in [0.717, 1.165) is 19.3 Å². The fraction of sp³-hybridized carbons (Fsp3) is 0.533. The molecule has 1 aromatic rings. The Hall–Kier alpha value is -1.95. The molecule has 0 aliphatic carbocycles. The average molecular weight is 292 g/mol. The maximum atomic E-state index is 12.6. The molecule has 21 heavy (non-hydrogen) atoms. The second-order valence-corrected chi connectivity index (χ2v) is 5.44. The standard InChI is InChI=1S/C15H20N2O4/c1-11(12-5-4-7-13(9-12)17(20)21)15(19)16-8-3-2-6-14(16)10-18/h4-5,7,9,11,14,18H,2-3,6,8,10H2,1H3. The fourth-order valence-corrected chi connectivity index (χ4v) is 2.78. The predicted octanol–water partition coefficient (Wildman–Crippen LogP) is 2.07. The number of likely N-dealkylation sites (tertiary alicyclic amines) is 1. The van der Waals surface area contributed by atoms with Crippen molar-refractivity contribution in [1.82, 2.24) is 4.90 Å². The van der Waals surface area contributed by atoms with Crippen LogP contribution in [0.3, 0.4) is 0 Å². The van der Waals surface area contributed by atoms with Gasteiger partial charge in [0.05, 0.1) is 23.5 Å². The second kappa shape index (κ2) is 6.67. The summed E-state index contributed by atoms with van der Waals surface area (Å²) in [5.41, 5.74) is 0.626. The molecule has 0 aromatic heterocycles. The summed E-state index contributed by atoms with van der Waals surface area (Å²) in [5.74, 6) is -0.522. The number of aliphatic hydroxyl groups excluding tert-OH is 1. The summed E-state index contributed by atoms with van der Waals surface area (Å²) < 4.78 is 0. The van der Waals surface area contributed by atoms with Crippen LogP contribution in [0.5, 0.6) is 0 Å². The van der Waals surface area contributed by atoms with E-state index in [-0.39, 0.29) is 24.2 Å². The molecule has 1 aliphatic heterocycles. The molecule has 1 N–H and O–H groups in total. The molecule has 1 heterocycles. The number of carbonyl (C=O) groups is 1. The molecule has 1 fully saturated rings. The van der Waals surface area contributed by atoms with Crippen molar-refractivity contribution in [2.75, 3.05) is 13.2 Å². The van der Waals surface area contributed by atoms with Gasteiger partial charge in [-0.2, -0.15) is 0 Å². The third-order valence-electron chi connectivity index (χ3n) is 4.07. The summed E-state index contributed by atoms with van der Waals surface area (Å²) in [4.78, 5) is 24.7. The number of nitro benzene ring substituents is 1. The highest BCUT2D eigenvalue weighted by molar-refractivity contribution is 5.84. The van der Waals surface area contributed by atoms with Crippen LogP contribution in [0.2, 0.25) is 0 Å². The Morgan fingerprint density at radius 2 is 2.29 bits per heavy atom. The topological polar surface area (TPSA) is 83.7 Å². The van der Waals surface area contributed by atoms with E-state index in [9.17, 15) is 20.0 Å². The largest absolute Gasteiger partial charge is 0.394 e. The first-order valence-electron chi connectivity index (χ1n) is 7.20. The van der Waals surface area contributed by atoms with Crippen LogP contribution in [0.25, 0.3) is 0 Å². The summed E-state index contributed by atoms with van der Waals surface area (Å²) >= 11 is 0. The zero-order valence-corrected chi connectivity index (χ0v) is 12.1. The van der Waals surface area contributed by atoms with Crippen molar-refractivity contribution < 1.29 is 14.8 Å². The van der Waals surface area contributed by atoms with Crippen molar-refractivity contribution in [2.24, 2.45) is 0 Å². The molecule has 1 aromatic carbocycles. The summed E-state index contributed by atoms with van der Waals surface area (Å²) in [5, 5.41) is 20.2. The molecule has 1 amide bonds. The van der Waals surface area contributed by atoms with Gasteiger partial charge in [0.15, 0.2) is 0 Å². The highest BCUT2D eigenvalue weighted by atomic mass is 16.6. The van der Waals surface area contributed by atoms with E-state index in [0.29, 0.717) is 12.1 Å². The van der Waals surface area contributed by atoms with E-state index < -0.39 is 10.8 Å². The second-order valence-electron chi connectivity index (χ2n) is 5.44. The number of non-ortho nitro benzene ring substituents is 1. The molecule has 2 unspecified atom stereocenters. The number of carbonyl (C=O) groups excluding carboxylic acids is 1. The lowest BCUT2D eigenvalue weighted by Crippen LogP contribution is -2.47. The number of nitrogens with zero attached hydrogens (tertiary/aromatic N) is 2. The third-order valence-corrected chi connectivity index (χ3v) is 4.07. The van der Waals surface area contributed by atoms with Crippen molar-refractivity contribution in [1.29, 1.82) is 0 Å². The molecule has 2 atom stereocenters. The Morgan fingerprint density at radius 1 is 1.52 bits per heavy atom. The molecular formula is C15H20N2O4. The highest BCUT2D eigenvalue weighted by Crippen LogP contribution is 2.26. The summed E-state index contributed by atoms with van der Waals surface area (Å²) in [6.45, 7) is 2.36. The van der Waals surface area contributed by atoms with Crippen LogP contribution in [-0.4, -0.2) is 40.0 Å². The SMILES string of the molecule is CC(C(=O)N1CCCCC1CO)c1cccc([N+](=O)[O-])c1. The summed E-state index contributed by atoms with van der Waals surface area (Å²) in [7, 11) is 0. The Morgan fingerprint density at radius 3 is 2.95 bits per heavy atom. The number of rotatable bonds is 4. The minimum absolute atomic E-state index is 0.00972. The fourth-order valence-electron chi connectivity index (χ4n) is 2.78. The van der Waals surface area contributed by atoms with Gasteiger partial charge in [-0.15, -0.1) is 0 Å². The van der Waals surface area contributed by atoms with Crippen LogP contribution < -0.4 is 0 Å². The van der Waals surface area contributed by atoms with Crippen LogP contribution in [0.4, 0.5) is 5.69 Å². The van der Waals surface area contributed by atoms with Crippen LogP contribution in [0, 0.1) is 10.1 Å². The van der Waals surface area contributed by atoms with Crippen molar-refractivity contribution >= 4 is 11.6 Å². The van der Waals surface area contributed by atoms with Gasteiger partial charge in [-0.1, -0.05) is 12.1 Å². The van der Waals surface area contributed by atoms with Gasteiger partial charge in [-0.3, -0.25) is 14.9 Å². The lowest BCUT2D eigenvalue weighted by molar-refractivity contribution is -0.384. The van der Waals surface area contributed by atoms with E-state index in [1.807, 2.05) is 0 Å². The maximum Gasteiger partial charge on any atom is 0.269 e. The van der Waals surface area contributed by atoms with Crippen molar-refractivity contribution in [3.63, 3.8) is 0 Å². The number of amides is 1. The minimum Gasteiger partial charge on any atom is -0.394 e. The summed E-state index contributed by atoms with van der Waals surface area (Å²) in [6, 6.07) is 6.05. The predicted molar refractivity (Wildman–Crippen MR) is 77.9 cm³/mol. The molecule has 1 aliphatic rings. The average Bonchev–Trinajstić information content (AvgIpc) is 2.53. The number of nitro groups is 1. The molecule has 0 bridgehead atoms. The Balaban J connectivity index is 2.18. The molecular weight excluding hydrogens is 272 g/mol. The van der Waals surface area contributed by atoms with Gasteiger partial charge in [0.25, 0.3) is 5.69 Å². The van der Waals surface area contributed by atoms with Crippen molar-refractivity contribution in [2.45, 2.75) is 38.1 Å². The van der Waals surface area contributed by atoms with Crippen molar-refractivity contribution in [3.05, 3.63) is 39.9 Å². The molecule has 2 rings (SSSR count). The van der Waals surface area contributed by atoms with Gasteiger partial charge in [-0.05, 0) is 31.7 Å². The van der Waals surface area contributed by atoms with Gasteiger partial charge in [-0.25, -0.2) is 0 Å². The van der Waals surface area contributed by atoms with Crippen LogP contribution >= 0.6 is 0 Å². The minimum atomic E-state index is -0.460. The van der Waals surface area contributed by atoms with Gasteiger partial charge in [0.1, 0.15) is 0 Å². The lowest BCUT2D eigenvalue weighted by atomic mass is 9.95. The first-order chi connectivity index (χ1) is 10.0. The molecule has 0 saturated carbocycles. The van der Waals surface area contributed by atoms with E-state index in [1.54, 1.807) is 24.0 Å². The highest BCUT2D eigenvalue weighted by Gasteiger charge is 2.30. The Labute approximate surface area is 123 Å². The first kappa shape index (κ1) is 15.4. The molecule has 6 heteroatoms. The van der Waals surface area contributed by atoms with E-state index in [4.69, 9.17) is 0 Å². The monoisotopic (exact) mass is 292 g/mol. The van der Waals surface area contributed by atoms with Gasteiger partial charge in [0, 0.05) is 18.7 Å². The quantitative estimate of drug-likeness (QED) is 0.680. The molecule has 6 nitrogen and oxygen atoms in total. The van der Waals surface area contributed by atoms with Crippen LogP contribution in [0.15, 0.2) is 24.3 Å². The zero-order valence-electron chi connectivity index (χ0n) is 12.1. The van der Waals surface area contributed by atoms with Crippen molar-refractivity contribution in [3.8, 4) is 0 Å². The van der Waals surface area contributed by atoms with E-state index in [1.165, 1.54) is 12.1 Å². The number of aliphatic hydroxyl groups is 1. The van der Waals surface area contributed by atoms with Crippen LogP contribution in [0.1, 0.15) is 37.7 Å². The van der Waals surface area contributed by atoms with E-state index in [2.05, 4.69) is 0 Å². The number of piperidine rings is 1. The molecule has 0 spiro atoms. The third kappa shape index (κ3) is 3.39. The molecule has 114 valence electrons. The Bertz CT molecular complexity index is 532. The zero-order chi connectivity index (χ0) is 15.4. The van der Waals surface area contributed by atoms with Gasteiger partial charge < -0.3 is 10.0 Å². The number of benzene rings is 1. The molecule has 1 saturated heterocycles.